The van der Waals surface area contributed by atoms with E-state index in [-0.39, 0.29) is 5.91 Å². The van der Waals surface area contributed by atoms with Gasteiger partial charge in [-0.25, -0.2) is 0 Å². The lowest BCUT2D eigenvalue weighted by Gasteiger charge is -2.23. The summed E-state index contributed by atoms with van der Waals surface area (Å²) in [4.78, 5) is 15.6. The highest BCUT2D eigenvalue weighted by Gasteiger charge is 2.43. The van der Waals surface area contributed by atoms with Gasteiger partial charge < -0.3 is 10.2 Å². The highest BCUT2D eigenvalue weighted by Crippen LogP contribution is 2.35. The van der Waals surface area contributed by atoms with Crippen molar-refractivity contribution in [1.29, 1.82) is 0 Å². The molecule has 1 amide bonds. The van der Waals surface area contributed by atoms with Crippen LogP contribution in [0.2, 0.25) is 0 Å². The molecule has 1 N–H and O–H groups in total. The first-order chi connectivity index (χ1) is 7.59. The molecule has 2 aliphatic heterocycles. The molecule has 92 valence electrons. The fourth-order valence-corrected chi connectivity index (χ4v) is 3.07. The molecule has 4 nitrogen and oxygen atoms in total. The Labute approximate surface area is 98.0 Å². The number of rotatable bonds is 4. The number of nitrogens with one attached hydrogen (secondary N) is 1. The number of nitrogens with zero attached hydrogens (tertiary/aromatic N) is 2. The van der Waals surface area contributed by atoms with Crippen LogP contribution in [0.25, 0.3) is 0 Å². The van der Waals surface area contributed by atoms with Gasteiger partial charge in [-0.3, -0.25) is 9.69 Å². The molecule has 4 heteroatoms. The molecule has 16 heavy (non-hydrogen) atoms. The molecule has 0 aromatic carbocycles. The van der Waals surface area contributed by atoms with Crippen molar-refractivity contribution in [1.82, 2.24) is 15.1 Å². The molecule has 2 aliphatic rings. The Hall–Kier alpha value is -0.610. The van der Waals surface area contributed by atoms with Crippen molar-refractivity contribution in [2.45, 2.75) is 43.8 Å². The molecule has 0 aromatic heterocycles. The van der Waals surface area contributed by atoms with E-state index in [1.165, 1.54) is 19.3 Å². The van der Waals surface area contributed by atoms with E-state index in [9.17, 15) is 4.79 Å². The Balaban J connectivity index is 1.70. The number of hydrogen-bond acceptors (Lipinski definition) is 3. The minimum atomic E-state index is 0.212. The maximum atomic E-state index is 11.4. The van der Waals surface area contributed by atoms with Crippen LogP contribution >= 0.6 is 0 Å². The van der Waals surface area contributed by atoms with Crippen molar-refractivity contribution in [3.63, 3.8) is 0 Å². The molecule has 2 heterocycles. The Kier molecular flexibility index (Phi) is 3.50. The molecule has 1 unspecified atom stereocenters. The summed E-state index contributed by atoms with van der Waals surface area (Å²) in [6.45, 7) is 0.818. The van der Waals surface area contributed by atoms with E-state index in [1.54, 1.807) is 4.90 Å². The molecule has 2 fully saturated rings. The molecule has 0 saturated carbocycles. The summed E-state index contributed by atoms with van der Waals surface area (Å²) < 4.78 is 0. The normalized spacial score (nSPS) is 33.3. The lowest BCUT2D eigenvalue weighted by atomic mass is 9.95. The van der Waals surface area contributed by atoms with Crippen molar-refractivity contribution in [2.24, 2.45) is 0 Å². The number of amides is 1. The van der Waals surface area contributed by atoms with Gasteiger partial charge in [0.2, 0.25) is 5.91 Å². The molecular weight excluding hydrogens is 202 g/mol. The topological polar surface area (TPSA) is 35.6 Å². The SMILES string of the molecule is CN(C)C(=O)CCNC1C[C@H]2CC[C@@H]1N2C. The average Bonchev–Trinajstić information content (AvgIpc) is 2.74. The van der Waals surface area contributed by atoms with Gasteiger partial charge in [-0.1, -0.05) is 0 Å². The summed E-state index contributed by atoms with van der Waals surface area (Å²) in [5.41, 5.74) is 0. The fraction of sp³-hybridized carbons (Fsp3) is 0.917. The van der Waals surface area contributed by atoms with Crippen molar-refractivity contribution >= 4 is 5.91 Å². The summed E-state index contributed by atoms with van der Waals surface area (Å²) >= 11 is 0. The van der Waals surface area contributed by atoms with Gasteiger partial charge in [0.15, 0.2) is 0 Å². The molecule has 2 bridgehead atoms. The standard InChI is InChI=1S/C12H23N3O/c1-14(2)12(16)6-7-13-10-8-9-4-5-11(10)15(9)3/h9-11,13H,4-8H2,1-3H3/t9-,10?,11+/m1/s1. The van der Waals surface area contributed by atoms with Gasteiger partial charge >= 0.3 is 0 Å². The lowest BCUT2D eigenvalue weighted by molar-refractivity contribution is -0.128. The van der Waals surface area contributed by atoms with Crippen molar-refractivity contribution in [3.8, 4) is 0 Å². The third kappa shape index (κ3) is 2.23. The molecule has 3 atom stereocenters. The third-order valence-corrected chi connectivity index (χ3v) is 4.13. The van der Waals surface area contributed by atoms with Crippen molar-refractivity contribution in [2.75, 3.05) is 27.7 Å². The molecule has 0 radical (unpaired) electrons. The molecule has 0 spiro atoms. The number of hydrogen-bond donors (Lipinski definition) is 1. The largest absolute Gasteiger partial charge is 0.349 e. The highest BCUT2D eigenvalue weighted by molar-refractivity contribution is 5.75. The zero-order valence-corrected chi connectivity index (χ0v) is 10.6. The smallest absolute Gasteiger partial charge is 0.223 e. The summed E-state index contributed by atoms with van der Waals surface area (Å²) in [6.07, 6.45) is 4.55. The highest BCUT2D eigenvalue weighted by atomic mass is 16.2. The van der Waals surface area contributed by atoms with Crippen LogP contribution in [0.5, 0.6) is 0 Å². The van der Waals surface area contributed by atoms with E-state index in [0.29, 0.717) is 18.5 Å². The van der Waals surface area contributed by atoms with Gasteiger partial charge in [-0.05, 0) is 26.3 Å². The lowest BCUT2D eigenvalue weighted by Crippen LogP contribution is -2.41. The summed E-state index contributed by atoms with van der Waals surface area (Å²) in [6, 6.07) is 2.10. The zero-order valence-electron chi connectivity index (χ0n) is 10.6. The van der Waals surface area contributed by atoms with Crippen molar-refractivity contribution in [3.05, 3.63) is 0 Å². The van der Waals surface area contributed by atoms with Crippen LogP contribution in [0.3, 0.4) is 0 Å². The average molecular weight is 225 g/mol. The second kappa shape index (κ2) is 4.72. The molecular formula is C12H23N3O. The minimum Gasteiger partial charge on any atom is -0.349 e. The molecule has 2 saturated heterocycles. The van der Waals surface area contributed by atoms with Gasteiger partial charge in [0.1, 0.15) is 0 Å². The minimum absolute atomic E-state index is 0.212. The summed E-state index contributed by atoms with van der Waals surface area (Å²) in [7, 11) is 5.86. The van der Waals surface area contributed by atoms with E-state index in [2.05, 4.69) is 17.3 Å². The first kappa shape index (κ1) is 11.9. The van der Waals surface area contributed by atoms with Crippen LogP contribution in [0.4, 0.5) is 0 Å². The van der Waals surface area contributed by atoms with Crippen molar-refractivity contribution < 1.29 is 4.79 Å². The molecule has 0 aliphatic carbocycles. The summed E-state index contributed by atoms with van der Waals surface area (Å²) in [5, 5.41) is 3.54. The van der Waals surface area contributed by atoms with Crippen LogP contribution in [0.15, 0.2) is 0 Å². The van der Waals surface area contributed by atoms with Crippen LogP contribution in [-0.2, 0) is 4.79 Å². The predicted octanol–water partition coefficient (Wildman–Crippen LogP) is 0.289. The molecule has 0 aromatic rings. The molecule has 2 rings (SSSR count). The quantitative estimate of drug-likeness (QED) is 0.747. The maximum Gasteiger partial charge on any atom is 0.223 e. The second-order valence-corrected chi connectivity index (χ2v) is 5.30. The van der Waals surface area contributed by atoms with E-state index in [4.69, 9.17) is 0 Å². The van der Waals surface area contributed by atoms with E-state index in [1.807, 2.05) is 14.1 Å². The van der Waals surface area contributed by atoms with E-state index >= 15 is 0 Å². The van der Waals surface area contributed by atoms with Crippen LogP contribution < -0.4 is 5.32 Å². The fourth-order valence-electron chi connectivity index (χ4n) is 3.07. The first-order valence-corrected chi connectivity index (χ1v) is 6.25. The Morgan fingerprint density at radius 2 is 2.19 bits per heavy atom. The Morgan fingerprint density at radius 3 is 2.69 bits per heavy atom. The van der Waals surface area contributed by atoms with Gasteiger partial charge in [0.05, 0.1) is 0 Å². The van der Waals surface area contributed by atoms with Crippen LogP contribution in [-0.4, -0.2) is 61.5 Å². The monoisotopic (exact) mass is 225 g/mol. The second-order valence-electron chi connectivity index (χ2n) is 5.30. The predicted molar refractivity (Wildman–Crippen MR) is 64.3 cm³/mol. The van der Waals surface area contributed by atoms with Crippen LogP contribution in [0, 0.1) is 0 Å². The zero-order chi connectivity index (χ0) is 11.7. The number of carbonyl (C=O) groups is 1. The summed E-state index contributed by atoms with van der Waals surface area (Å²) in [5.74, 6) is 0.212. The van der Waals surface area contributed by atoms with E-state index in [0.717, 1.165) is 12.6 Å². The maximum absolute atomic E-state index is 11.4. The number of likely N-dealkylation sites (N-methyl/N-ethyl adjacent to an activating group) is 1. The Bertz CT molecular complexity index is 267. The van der Waals surface area contributed by atoms with Gasteiger partial charge in [0.25, 0.3) is 0 Å². The number of carbonyl (C=O) groups excluding carboxylic acids is 1. The van der Waals surface area contributed by atoms with Gasteiger partial charge in [-0.15, -0.1) is 0 Å². The number of fused-ring (bicyclic) bond motifs is 2. The van der Waals surface area contributed by atoms with Gasteiger partial charge in [-0.2, -0.15) is 0 Å². The van der Waals surface area contributed by atoms with Crippen LogP contribution in [0.1, 0.15) is 25.7 Å². The first-order valence-electron chi connectivity index (χ1n) is 6.25. The van der Waals surface area contributed by atoms with Gasteiger partial charge in [0, 0.05) is 45.2 Å². The van der Waals surface area contributed by atoms with E-state index < -0.39 is 0 Å². The third-order valence-electron chi connectivity index (χ3n) is 4.13. The Morgan fingerprint density at radius 1 is 1.44 bits per heavy atom.